The molecule has 2 aromatic carbocycles. The van der Waals surface area contributed by atoms with Gasteiger partial charge in [0, 0.05) is 18.2 Å². The first kappa shape index (κ1) is 21.0. The predicted octanol–water partition coefficient (Wildman–Crippen LogP) is 2.99. The number of halogens is 1. The monoisotopic (exact) mass is 413 g/mol. The van der Waals surface area contributed by atoms with Crippen LogP contribution in [0.25, 0.3) is 0 Å². The maximum Gasteiger partial charge on any atom is 0.266 e. The van der Waals surface area contributed by atoms with Crippen molar-refractivity contribution in [1.29, 1.82) is 0 Å². The molecule has 1 saturated carbocycles. The largest absolute Gasteiger partial charge is 0.348 e. The van der Waals surface area contributed by atoms with Crippen molar-refractivity contribution >= 4 is 35.8 Å². The molecule has 6 nitrogen and oxygen atoms in total. The van der Waals surface area contributed by atoms with Gasteiger partial charge in [0.2, 0.25) is 0 Å². The van der Waals surface area contributed by atoms with Crippen LogP contribution in [0.5, 0.6) is 0 Å². The summed E-state index contributed by atoms with van der Waals surface area (Å²) in [6, 6.07) is 10.3. The molecular weight excluding hydrogens is 390 g/mol. The third kappa shape index (κ3) is 3.78. The van der Waals surface area contributed by atoms with Crippen molar-refractivity contribution in [2.24, 2.45) is 11.7 Å². The van der Waals surface area contributed by atoms with Gasteiger partial charge in [-0.3, -0.25) is 14.4 Å². The second kappa shape index (κ2) is 7.97. The quantitative estimate of drug-likeness (QED) is 0.737. The number of benzene rings is 2. The first-order chi connectivity index (χ1) is 13.4. The molecule has 0 radical (unpaired) electrons. The summed E-state index contributed by atoms with van der Waals surface area (Å²) in [5.74, 6) is -0.596. The van der Waals surface area contributed by atoms with E-state index < -0.39 is 5.91 Å². The summed E-state index contributed by atoms with van der Waals surface area (Å²) in [6.45, 7) is 4.17. The van der Waals surface area contributed by atoms with Gasteiger partial charge in [0.1, 0.15) is 0 Å². The zero-order valence-corrected chi connectivity index (χ0v) is 17.2. The van der Waals surface area contributed by atoms with E-state index in [1.54, 1.807) is 12.1 Å². The highest BCUT2D eigenvalue weighted by Crippen LogP contribution is 2.33. The third-order valence-electron chi connectivity index (χ3n) is 5.52. The van der Waals surface area contributed by atoms with Crippen LogP contribution in [0.15, 0.2) is 36.4 Å². The van der Waals surface area contributed by atoms with Crippen LogP contribution in [0, 0.1) is 19.8 Å². The molecule has 4 rings (SSSR count). The van der Waals surface area contributed by atoms with E-state index in [4.69, 9.17) is 5.73 Å². The van der Waals surface area contributed by atoms with Crippen LogP contribution in [0.1, 0.15) is 55.0 Å². The summed E-state index contributed by atoms with van der Waals surface area (Å²) in [4.78, 5) is 39.7. The maximum atomic E-state index is 13.0. The maximum absolute atomic E-state index is 13.0. The lowest BCUT2D eigenvalue weighted by molar-refractivity contribution is 0.0920. The van der Waals surface area contributed by atoms with E-state index in [0.29, 0.717) is 29.3 Å². The van der Waals surface area contributed by atoms with Crippen LogP contribution in [0.4, 0.5) is 5.69 Å². The van der Waals surface area contributed by atoms with Crippen molar-refractivity contribution in [3.05, 3.63) is 64.2 Å². The number of aryl methyl sites for hydroxylation is 2. The van der Waals surface area contributed by atoms with Gasteiger partial charge in [-0.2, -0.15) is 0 Å². The predicted molar refractivity (Wildman–Crippen MR) is 114 cm³/mol. The Morgan fingerprint density at radius 2 is 1.79 bits per heavy atom. The fraction of sp³-hybridized carbons (Fsp3) is 0.318. The first-order valence-electron chi connectivity index (χ1n) is 9.51. The van der Waals surface area contributed by atoms with Gasteiger partial charge in [0.15, 0.2) is 0 Å². The second-order valence-electron chi connectivity index (χ2n) is 7.65. The van der Waals surface area contributed by atoms with Crippen molar-refractivity contribution in [3.8, 4) is 0 Å². The third-order valence-corrected chi connectivity index (χ3v) is 5.52. The minimum atomic E-state index is -0.402. The molecule has 1 atom stereocenters. The number of nitrogens with two attached hydrogens (primary N) is 1. The number of amides is 3. The average Bonchev–Trinajstić information content (AvgIpc) is 3.49. The van der Waals surface area contributed by atoms with Gasteiger partial charge in [0.25, 0.3) is 17.7 Å². The normalized spacial score (nSPS) is 16.3. The summed E-state index contributed by atoms with van der Waals surface area (Å²) < 4.78 is 0. The summed E-state index contributed by atoms with van der Waals surface area (Å²) in [7, 11) is 0. The summed E-state index contributed by atoms with van der Waals surface area (Å²) in [5.41, 5.74) is 9.08. The van der Waals surface area contributed by atoms with Gasteiger partial charge in [-0.1, -0.05) is 12.1 Å². The van der Waals surface area contributed by atoms with Gasteiger partial charge in [-0.05, 0) is 68.0 Å². The van der Waals surface area contributed by atoms with Crippen molar-refractivity contribution in [3.63, 3.8) is 0 Å². The van der Waals surface area contributed by atoms with Crippen molar-refractivity contribution in [2.45, 2.75) is 32.7 Å². The zero-order valence-electron chi connectivity index (χ0n) is 16.4. The molecule has 0 saturated heterocycles. The number of hydrogen-bond acceptors (Lipinski definition) is 4. The Hall–Kier alpha value is -2.70. The van der Waals surface area contributed by atoms with E-state index in [9.17, 15) is 14.4 Å². The number of nitrogens with zero attached hydrogens (tertiary/aromatic N) is 1. The van der Waals surface area contributed by atoms with E-state index in [2.05, 4.69) is 5.32 Å². The summed E-state index contributed by atoms with van der Waals surface area (Å²) >= 11 is 0. The van der Waals surface area contributed by atoms with E-state index in [-0.39, 0.29) is 35.8 Å². The highest BCUT2D eigenvalue weighted by molar-refractivity contribution is 6.35. The first-order valence-corrected chi connectivity index (χ1v) is 9.51. The fourth-order valence-electron chi connectivity index (χ4n) is 3.68. The summed E-state index contributed by atoms with van der Waals surface area (Å²) in [6.07, 6.45) is 2.15. The molecule has 3 amide bonds. The average molecular weight is 414 g/mol. The molecule has 2 aliphatic rings. The number of anilines is 1. The molecule has 3 N–H and O–H groups in total. The Morgan fingerprint density at radius 3 is 2.45 bits per heavy atom. The molecule has 0 bridgehead atoms. The van der Waals surface area contributed by atoms with Gasteiger partial charge in [0.05, 0.1) is 16.8 Å². The van der Waals surface area contributed by atoms with E-state index in [0.717, 1.165) is 24.0 Å². The molecular formula is C22H24ClN3O3. The highest BCUT2D eigenvalue weighted by Gasteiger charge is 2.38. The Labute approximate surface area is 175 Å². The minimum absolute atomic E-state index is 0. The van der Waals surface area contributed by atoms with Gasteiger partial charge in [-0.25, -0.2) is 4.90 Å². The Balaban J connectivity index is 0.00000240. The minimum Gasteiger partial charge on any atom is -0.348 e. The molecule has 2 aromatic rings. The van der Waals surface area contributed by atoms with Crippen LogP contribution < -0.4 is 16.0 Å². The molecule has 152 valence electrons. The van der Waals surface area contributed by atoms with Crippen LogP contribution in [0.3, 0.4) is 0 Å². The van der Waals surface area contributed by atoms with E-state index in [1.165, 1.54) is 11.0 Å². The SMILES string of the molecule is Cc1ccc(C)c(N2C(=O)c3ccc(C(=O)NC(CN)C4CC4)cc3C2=O)c1.Cl. The van der Waals surface area contributed by atoms with Gasteiger partial charge >= 0.3 is 0 Å². The second-order valence-corrected chi connectivity index (χ2v) is 7.65. The topological polar surface area (TPSA) is 92.5 Å². The Kier molecular flexibility index (Phi) is 5.78. The number of imide groups is 1. The highest BCUT2D eigenvalue weighted by atomic mass is 35.5. The molecule has 29 heavy (non-hydrogen) atoms. The molecule has 1 heterocycles. The standard InChI is InChI=1S/C22H23N3O3.ClH/c1-12-3-4-13(2)19(9-12)25-21(27)16-8-7-15(10-17(16)22(25)28)20(26)24-18(11-23)14-5-6-14;/h3-4,7-10,14,18H,5-6,11,23H2,1-2H3,(H,24,26);1H. The van der Waals surface area contributed by atoms with Crippen molar-refractivity contribution in [1.82, 2.24) is 5.32 Å². The molecule has 1 aliphatic heterocycles. The van der Waals surface area contributed by atoms with E-state index >= 15 is 0 Å². The van der Waals surface area contributed by atoms with Gasteiger partial charge in [-0.15, -0.1) is 12.4 Å². The number of carbonyl (C=O) groups is 3. The molecule has 1 aliphatic carbocycles. The van der Waals surface area contributed by atoms with Crippen LogP contribution in [-0.2, 0) is 0 Å². The fourth-order valence-corrected chi connectivity index (χ4v) is 3.68. The number of carbonyl (C=O) groups excluding carboxylic acids is 3. The van der Waals surface area contributed by atoms with Crippen LogP contribution >= 0.6 is 12.4 Å². The lowest BCUT2D eigenvalue weighted by Gasteiger charge is -2.17. The smallest absolute Gasteiger partial charge is 0.266 e. The molecule has 1 unspecified atom stereocenters. The number of rotatable bonds is 5. The van der Waals surface area contributed by atoms with Crippen molar-refractivity contribution in [2.75, 3.05) is 11.4 Å². The molecule has 0 aromatic heterocycles. The van der Waals surface area contributed by atoms with E-state index in [1.807, 2.05) is 32.0 Å². The Morgan fingerprint density at radius 1 is 1.10 bits per heavy atom. The molecule has 0 spiro atoms. The number of hydrogen-bond donors (Lipinski definition) is 2. The lowest BCUT2D eigenvalue weighted by atomic mass is 10.0. The number of fused-ring (bicyclic) bond motifs is 1. The van der Waals surface area contributed by atoms with Gasteiger partial charge < -0.3 is 11.1 Å². The molecule has 1 fully saturated rings. The number of nitrogens with one attached hydrogen (secondary N) is 1. The van der Waals surface area contributed by atoms with Crippen LogP contribution in [-0.4, -0.2) is 30.3 Å². The Bertz CT molecular complexity index is 1000. The van der Waals surface area contributed by atoms with Crippen LogP contribution in [0.2, 0.25) is 0 Å². The van der Waals surface area contributed by atoms with Crippen molar-refractivity contribution < 1.29 is 14.4 Å². The zero-order chi connectivity index (χ0) is 20.0. The molecule has 7 heteroatoms. The summed E-state index contributed by atoms with van der Waals surface area (Å²) in [5, 5.41) is 2.95. The lowest BCUT2D eigenvalue weighted by Crippen LogP contribution is -2.41.